The lowest BCUT2D eigenvalue weighted by Gasteiger charge is -2.11. The number of rotatable bonds is 6. The molecular formula is C20H17NO3. The van der Waals surface area contributed by atoms with Crippen molar-refractivity contribution < 1.29 is 14.3 Å². The van der Waals surface area contributed by atoms with Gasteiger partial charge in [-0.2, -0.15) is 0 Å². The quantitative estimate of drug-likeness (QED) is 0.640. The third kappa shape index (κ3) is 3.43. The SMILES string of the molecule is COc1nccc(-c2cccc(OCc3ccccc3)c2)c1C=O. The summed E-state index contributed by atoms with van der Waals surface area (Å²) < 4.78 is 11.0. The Morgan fingerprint density at radius 2 is 1.88 bits per heavy atom. The summed E-state index contributed by atoms with van der Waals surface area (Å²) >= 11 is 0. The van der Waals surface area contributed by atoms with Crippen LogP contribution in [0.5, 0.6) is 11.6 Å². The maximum Gasteiger partial charge on any atom is 0.224 e. The molecule has 2 aromatic carbocycles. The van der Waals surface area contributed by atoms with Crippen LogP contribution in [0.4, 0.5) is 0 Å². The zero-order chi connectivity index (χ0) is 16.8. The van der Waals surface area contributed by atoms with E-state index in [4.69, 9.17) is 9.47 Å². The molecule has 24 heavy (non-hydrogen) atoms. The standard InChI is InChI=1S/C20H17NO3/c1-23-20-19(13-22)18(10-11-21-20)16-8-5-9-17(12-16)24-14-15-6-3-2-4-7-15/h2-13H,14H2,1H3. The molecule has 4 heteroatoms. The van der Waals surface area contributed by atoms with E-state index in [-0.39, 0.29) is 0 Å². The van der Waals surface area contributed by atoms with Crippen molar-refractivity contribution in [3.05, 3.63) is 78.0 Å². The predicted molar refractivity (Wildman–Crippen MR) is 92.4 cm³/mol. The van der Waals surface area contributed by atoms with Gasteiger partial charge in [-0.25, -0.2) is 4.98 Å². The summed E-state index contributed by atoms with van der Waals surface area (Å²) in [5, 5.41) is 0. The lowest BCUT2D eigenvalue weighted by Crippen LogP contribution is -1.98. The van der Waals surface area contributed by atoms with Crippen molar-refractivity contribution in [3.63, 3.8) is 0 Å². The average Bonchev–Trinajstić information content (AvgIpc) is 2.66. The molecule has 0 fully saturated rings. The number of aldehydes is 1. The topological polar surface area (TPSA) is 48.4 Å². The largest absolute Gasteiger partial charge is 0.489 e. The van der Waals surface area contributed by atoms with Crippen LogP contribution in [-0.4, -0.2) is 18.4 Å². The van der Waals surface area contributed by atoms with E-state index in [2.05, 4.69) is 4.98 Å². The monoisotopic (exact) mass is 319 g/mol. The molecule has 0 aliphatic carbocycles. The van der Waals surface area contributed by atoms with E-state index in [1.807, 2.05) is 54.6 Å². The van der Waals surface area contributed by atoms with Gasteiger partial charge >= 0.3 is 0 Å². The van der Waals surface area contributed by atoms with Gasteiger partial charge in [0.2, 0.25) is 5.88 Å². The third-order valence-electron chi connectivity index (χ3n) is 3.66. The molecule has 0 N–H and O–H groups in total. The number of pyridine rings is 1. The highest BCUT2D eigenvalue weighted by Crippen LogP contribution is 2.30. The number of carbonyl (C=O) groups is 1. The van der Waals surface area contributed by atoms with Crippen molar-refractivity contribution in [1.29, 1.82) is 0 Å². The molecule has 0 unspecified atom stereocenters. The summed E-state index contributed by atoms with van der Waals surface area (Å²) in [6.07, 6.45) is 2.39. The minimum absolute atomic E-state index is 0.318. The highest BCUT2D eigenvalue weighted by atomic mass is 16.5. The normalized spacial score (nSPS) is 10.2. The summed E-state index contributed by atoms with van der Waals surface area (Å²) in [6, 6.07) is 19.4. The Kier molecular flexibility index (Phi) is 4.87. The van der Waals surface area contributed by atoms with Gasteiger partial charge < -0.3 is 9.47 Å². The maximum atomic E-state index is 11.4. The molecule has 0 amide bonds. The van der Waals surface area contributed by atoms with E-state index in [1.165, 1.54) is 7.11 Å². The Hall–Kier alpha value is -3.14. The zero-order valence-electron chi connectivity index (χ0n) is 13.3. The van der Waals surface area contributed by atoms with Crippen LogP contribution in [0.1, 0.15) is 15.9 Å². The number of hydrogen-bond donors (Lipinski definition) is 0. The van der Waals surface area contributed by atoms with Crippen molar-refractivity contribution >= 4 is 6.29 Å². The molecule has 0 aliphatic rings. The molecule has 0 atom stereocenters. The first-order valence-electron chi connectivity index (χ1n) is 7.57. The Morgan fingerprint density at radius 1 is 1.04 bits per heavy atom. The maximum absolute atomic E-state index is 11.4. The van der Waals surface area contributed by atoms with Crippen LogP contribution in [0.2, 0.25) is 0 Å². The molecule has 1 aromatic heterocycles. The van der Waals surface area contributed by atoms with Gasteiger partial charge in [0, 0.05) is 6.20 Å². The minimum atomic E-state index is 0.318. The van der Waals surface area contributed by atoms with Gasteiger partial charge in [0.1, 0.15) is 12.4 Å². The molecule has 0 radical (unpaired) electrons. The first-order valence-corrected chi connectivity index (χ1v) is 7.57. The average molecular weight is 319 g/mol. The first kappa shape index (κ1) is 15.7. The second-order valence-electron chi connectivity index (χ2n) is 5.20. The number of nitrogens with zero attached hydrogens (tertiary/aromatic N) is 1. The van der Waals surface area contributed by atoms with E-state index >= 15 is 0 Å². The second-order valence-corrected chi connectivity index (χ2v) is 5.20. The number of hydrogen-bond acceptors (Lipinski definition) is 4. The zero-order valence-corrected chi connectivity index (χ0v) is 13.3. The number of carbonyl (C=O) groups excluding carboxylic acids is 1. The van der Waals surface area contributed by atoms with Crippen molar-refractivity contribution in [3.8, 4) is 22.8 Å². The van der Waals surface area contributed by atoms with Gasteiger partial charge in [-0.15, -0.1) is 0 Å². The van der Waals surface area contributed by atoms with E-state index < -0.39 is 0 Å². The van der Waals surface area contributed by atoms with Crippen LogP contribution in [-0.2, 0) is 6.61 Å². The van der Waals surface area contributed by atoms with Gasteiger partial charge in [0.05, 0.1) is 12.7 Å². The van der Waals surface area contributed by atoms with Crippen LogP contribution >= 0.6 is 0 Å². The van der Waals surface area contributed by atoms with Crippen molar-refractivity contribution in [2.75, 3.05) is 7.11 Å². The van der Waals surface area contributed by atoms with Crippen LogP contribution < -0.4 is 9.47 Å². The molecule has 0 saturated heterocycles. The number of aromatic nitrogens is 1. The van der Waals surface area contributed by atoms with Crippen LogP contribution in [0.3, 0.4) is 0 Å². The summed E-state index contributed by atoms with van der Waals surface area (Å²) in [5.41, 5.74) is 3.17. The van der Waals surface area contributed by atoms with Gasteiger partial charge in [-0.3, -0.25) is 4.79 Å². The molecule has 1 heterocycles. The molecule has 0 spiro atoms. The van der Waals surface area contributed by atoms with Crippen LogP contribution in [0.25, 0.3) is 11.1 Å². The van der Waals surface area contributed by atoms with Crippen molar-refractivity contribution in [1.82, 2.24) is 4.98 Å². The Balaban J connectivity index is 1.87. The van der Waals surface area contributed by atoms with E-state index in [0.29, 0.717) is 18.1 Å². The van der Waals surface area contributed by atoms with Crippen molar-refractivity contribution in [2.45, 2.75) is 6.61 Å². The molecule has 4 nitrogen and oxygen atoms in total. The summed E-state index contributed by atoms with van der Waals surface area (Å²) in [7, 11) is 1.50. The Bertz CT molecular complexity index is 831. The van der Waals surface area contributed by atoms with E-state index in [1.54, 1.807) is 12.3 Å². The van der Waals surface area contributed by atoms with Crippen LogP contribution in [0.15, 0.2) is 66.9 Å². The number of ether oxygens (including phenoxy) is 2. The lowest BCUT2D eigenvalue weighted by molar-refractivity contribution is 0.112. The minimum Gasteiger partial charge on any atom is -0.489 e. The fourth-order valence-corrected chi connectivity index (χ4v) is 2.48. The molecule has 120 valence electrons. The Labute approximate surface area is 140 Å². The molecule has 3 rings (SSSR count). The molecule has 0 bridgehead atoms. The first-order chi connectivity index (χ1) is 11.8. The van der Waals surface area contributed by atoms with E-state index in [9.17, 15) is 4.79 Å². The molecule has 0 saturated carbocycles. The Morgan fingerprint density at radius 3 is 2.62 bits per heavy atom. The lowest BCUT2D eigenvalue weighted by atomic mass is 10.0. The smallest absolute Gasteiger partial charge is 0.224 e. The molecule has 3 aromatic rings. The number of methoxy groups -OCH3 is 1. The fourth-order valence-electron chi connectivity index (χ4n) is 2.48. The molecular weight excluding hydrogens is 302 g/mol. The van der Waals surface area contributed by atoms with Gasteiger partial charge in [-0.1, -0.05) is 42.5 Å². The van der Waals surface area contributed by atoms with Gasteiger partial charge in [-0.05, 0) is 34.9 Å². The van der Waals surface area contributed by atoms with Crippen LogP contribution in [0, 0.1) is 0 Å². The van der Waals surface area contributed by atoms with E-state index in [0.717, 1.165) is 28.7 Å². The fraction of sp³-hybridized carbons (Fsp3) is 0.100. The third-order valence-corrected chi connectivity index (χ3v) is 3.66. The highest BCUT2D eigenvalue weighted by Gasteiger charge is 2.12. The number of benzene rings is 2. The van der Waals surface area contributed by atoms with Gasteiger partial charge in [0.25, 0.3) is 0 Å². The second kappa shape index (κ2) is 7.42. The molecule has 0 aliphatic heterocycles. The summed E-state index contributed by atoms with van der Waals surface area (Å²) in [4.78, 5) is 15.5. The van der Waals surface area contributed by atoms with Crippen molar-refractivity contribution in [2.24, 2.45) is 0 Å². The summed E-state index contributed by atoms with van der Waals surface area (Å²) in [5.74, 6) is 1.06. The highest BCUT2D eigenvalue weighted by molar-refractivity contribution is 5.90. The summed E-state index contributed by atoms with van der Waals surface area (Å²) in [6.45, 7) is 0.491. The predicted octanol–water partition coefficient (Wildman–Crippen LogP) is 4.15. The van der Waals surface area contributed by atoms with Gasteiger partial charge in [0.15, 0.2) is 6.29 Å².